The molecule has 4 heteroatoms. The highest BCUT2D eigenvalue weighted by atomic mass is 16.3. The summed E-state index contributed by atoms with van der Waals surface area (Å²) in [4.78, 5) is 2.03. The average Bonchev–Trinajstić information content (AvgIpc) is 2.12. The Morgan fingerprint density at radius 3 is 2.33 bits per heavy atom. The number of hydrogen-bond donors (Lipinski definition) is 3. The fourth-order valence-corrected chi connectivity index (χ4v) is 1.10. The van der Waals surface area contributed by atoms with Gasteiger partial charge in [-0.1, -0.05) is 13.8 Å². The third kappa shape index (κ3) is 4.01. The van der Waals surface area contributed by atoms with Gasteiger partial charge >= 0.3 is 0 Å². The van der Waals surface area contributed by atoms with E-state index in [1.165, 1.54) is 0 Å². The van der Waals surface area contributed by atoms with E-state index in [0.29, 0.717) is 13.1 Å². The minimum absolute atomic E-state index is 0.0381. The molecule has 0 aliphatic rings. The summed E-state index contributed by atoms with van der Waals surface area (Å²) >= 11 is 0. The van der Waals surface area contributed by atoms with E-state index in [1.807, 2.05) is 18.7 Å². The van der Waals surface area contributed by atoms with Crippen LogP contribution in [0.3, 0.4) is 0 Å². The van der Waals surface area contributed by atoms with Crippen LogP contribution in [0.5, 0.6) is 0 Å². The van der Waals surface area contributed by atoms with Gasteiger partial charge in [0.1, 0.15) is 0 Å². The first-order valence-electron chi connectivity index (χ1n) is 4.53. The van der Waals surface area contributed by atoms with Crippen molar-refractivity contribution in [2.75, 3.05) is 19.6 Å². The van der Waals surface area contributed by atoms with Crippen LogP contribution in [0.15, 0.2) is 0 Å². The first-order valence-corrected chi connectivity index (χ1v) is 4.53. The third-order valence-corrected chi connectivity index (χ3v) is 2.01. The molecule has 0 aliphatic carbocycles. The van der Waals surface area contributed by atoms with E-state index in [9.17, 15) is 5.11 Å². The van der Waals surface area contributed by atoms with Crippen molar-refractivity contribution in [3.8, 4) is 0 Å². The lowest BCUT2D eigenvalue weighted by Crippen LogP contribution is -2.46. The van der Waals surface area contributed by atoms with Crippen LogP contribution in [-0.2, 0) is 0 Å². The van der Waals surface area contributed by atoms with Gasteiger partial charge in [-0.25, -0.2) is 0 Å². The van der Waals surface area contributed by atoms with E-state index in [2.05, 4.69) is 0 Å². The normalized spacial score (nSPS) is 16.5. The van der Waals surface area contributed by atoms with Gasteiger partial charge in [0.05, 0.1) is 12.3 Å². The van der Waals surface area contributed by atoms with E-state index in [0.717, 1.165) is 13.0 Å². The molecule has 12 heavy (non-hydrogen) atoms. The second kappa shape index (κ2) is 6.37. The Balaban J connectivity index is 3.81. The lowest BCUT2D eigenvalue weighted by Gasteiger charge is -2.28. The average molecular weight is 175 g/mol. The largest absolute Gasteiger partial charge is 0.390 e. The summed E-state index contributed by atoms with van der Waals surface area (Å²) in [6.07, 6.45) is 0.476. The van der Waals surface area contributed by atoms with Gasteiger partial charge in [0, 0.05) is 13.1 Å². The predicted molar refractivity (Wildman–Crippen MR) is 50.6 cm³/mol. The highest BCUT2D eigenvalue weighted by molar-refractivity contribution is 4.68. The van der Waals surface area contributed by atoms with Gasteiger partial charge < -0.3 is 16.6 Å². The van der Waals surface area contributed by atoms with Crippen LogP contribution in [0.2, 0.25) is 0 Å². The van der Waals surface area contributed by atoms with Gasteiger partial charge in [-0.05, 0) is 13.0 Å². The monoisotopic (exact) mass is 175 g/mol. The summed E-state index contributed by atoms with van der Waals surface area (Å²) in [5.74, 6) is 0. The van der Waals surface area contributed by atoms with Gasteiger partial charge in [0.2, 0.25) is 0 Å². The summed E-state index contributed by atoms with van der Waals surface area (Å²) in [6.45, 7) is 5.78. The SMILES string of the molecule is CCC(N)N(CC)CC(O)CN. The molecule has 0 fully saturated rings. The molecule has 0 bridgehead atoms. The maximum atomic E-state index is 9.28. The molecule has 4 nitrogen and oxygen atoms in total. The van der Waals surface area contributed by atoms with Crippen LogP contribution in [0.1, 0.15) is 20.3 Å². The second-order valence-corrected chi connectivity index (χ2v) is 2.95. The fraction of sp³-hybridized carbons (Fsp3) is 1.00. The van der Waals surface area contributed by atoms with E-state index in [1.54, 1.807) is 0 Å². The maximum Gasteiger partial charge on any atom is 0.0789 e. The number of aliphatic hydroxyl groups excluding tert-OH is 1. The third-order valence-electron chi connectivity index (χ3n) is 2.01. The van der Waals surface area contributed by atoms with Crippen LogP contribution >= 0.6 is 0 Å². The number of rotatable bonds is 6. The molecule has 0 saturated carbocycles. The number of likely N-dealkylation sites (N-methyl/N-ethyl adjacent to an activating group) is 1. The molecule has 0 saturated heterocycles. The van der Waals surface area contributed by atoms with Gasteiger partial charge in [-0.15, -0.1) is 0 Å². The molecule has 0 heterocycles. The lowest BCUT2D eigenvalue weighted by atomic mass is 10.2. The van der Waals surface area contributed by atoms with Crippen molar-refractivity contribution in [1.29, 1.82) is 0 Å². The Kier molecular flexibility index (Phi) is 6.28. The summed E-state index contributed by atoms with van der Waals surface area (Å²) < 4.78 is 0. The second-order valence-electron chi connectivity index (χ2n) is 2.95. The molecule has 2 unspecified atom stereocenters. The highest BCUT2D eigenvalue weighted by Gasteiger charge is 2.13. The van der Waals surface area contributed by atoms with Crippen LogP contribution < -0.4 is 11.5 Å². The summed E-state index contributed by atoms with van der Waals surface area (Å²) in [7, 11) is 0. The molecule has 74 valence electrons. The number of hydrogen-bond acceptors (Lipinski definition) is 4. The van der Waals surface area contributed by atoms with Crippen molar-refractivity contribution in [2.24, 2.45) is 11.5 Å². The molecule has 0 radical (unpaired) electrons. The van der Waals surface area contributed by atoms with Crippen molar-refractivity contribution in [1.82, 2.24) is 4.90 Å². The zero-order valence-corrected chi connectivity index (χ0v) is 8.03. The minimum Gasteiger partial charge on any atom is -0.390 e. The Bertz CT molecular complexity index is 110. The number of nitrogens with two attached hydrogens (primary N) is 2. The molecule has 5 N–H and O–H groups in total. The standard InChI is InChI=1S/C8H21N3O/c1-3-8(10)11(4-2)6-7(12)5-9/h7-8,12H,3-6,9-10H2,1-2H3. The Morgan fingerprint density at radius 1 is 1.42 bits per heavy atom. The van der Waals surface area contributed by atoms with Gasteiger partial charge in [-0.3, -0.25) is 4.90 Å². The quantitative estimate of drug-likeness (QED) is 0.468. The summed E-state index contributed by atoms with van der Waals surface area (Å²) in [5.41, 5.74) is 11.1. The van der Waals surface area contributed by atoms with E-state index < -0.39 is 6.10 Å². The van der Waals surface area contributed by atoms with Crippen LogP contribution in [0, 0.1) is 0 Å². The molecule has 0 spiro atoms. The summed E-state index contributed by atoms with van der Waals surface area (Å²) in [6, 6.07) is 0. The van der Waals surface area contributed by atoms with Crippen molar-refractivity contribution in [3.63, 3.8) is 0 Å². The van der Waals surface area contributed by atoms with E-state index in [4.69, 9.17) is 11.5 Å². The van der Waals surface area contributed by atoms with Gasteiger partial charge in [0.25, 0.3) is 0 Å². The van der Waals surface area contributed by atoms with Crippen LogP contribution in [-0.4, -0.2) is 41.9 Å². The molecular formula is C8H21N3O. The fourth-order valence-electron chi connectivity index (χ4n) is 1.10. The molecule has 0 amide bonds. The molecule has 0 aromatic rings. The van der Waals surface area contributed by atoms with Crippen molar-refractivity contribution < 1.29 is 5.11 Å². The maximum absolute atomic E-state index is 9.28. The topological polar surface area (TPSA) is 75.5 Å². The van der Waals surface area contributed by atoms with Gasteiger partial charge in [-0.2, -0.15) is 0 Å². The Morgan fingerprint density at radius 2 is 2.00 bits per heavy atom. The Hall–Kier alpha value is -0.160. The molecular weight excluding hydrogens is 154 g/mol. The Labute approximate surface area is 74.5 Å². The smallest absolute Gasteiger partial charge is 0.0789 e. The number of aliphatic hydroxyl groups is 1. The van der Waals surface area contributed by atoms with E-state index in [-0.39, 0.29) is 6.17 Å². The minimum atomic E-state index is -0.456. The van der Waals surface area contributed by atoms with Crippen molar-refractivity contribution >= 4 is 0 Å². The van der Waals surface area contributed by atoms with Crippen LogP contribution in [0.25, 0.3) is 0 Å². The van der Waals surface area contributed by atoms with Crippen LogP contribution in [0.4, 0.5) is 0 Å². The van der Waals surface area contributed by atoms with Crippen molar-refractivity contribution in [2.45, 2.75) is 32.5 Å². The molecule has 0 rings (SSSR count). The van der Waals surface area contributed by atoms with Gasteiger partial charge in [0.15, 0.2) is 0 Å². The zero-order chi connectivity index (χ0) is 9.56. The first-order chi connectivity index (χ1) is 5.65. The molecule has 0 aromatic carbocycles. The molecule has 2 atom stereocenters. The number of nitrogens with zero attached hydrogens (tertiary/aromatic N) is 1. The molecule has 0 aliphatic heterocycles. The van der Waals surface area contributed by atoms with Crippen molar-refractivity contribution in [3.05, 3.63) is 0 Å². The molecule has 0 aromatic heterocycles. The first kappa shape index (κ1) is 11.8. The lowest BCUT2D eigenvalue weighted by molar-refractivity contribution is 0.0952. The predicted octanol–water partition coefficient (Wildman–Crippen LogP) is -0.677. The summed E-state index contributed by atoms with van der Waals surface area (Å²) in [5, 5.41) is 9.28. The van der Waals surface area contributed by atoms with E-state index >= 15 is 0 Å². The highest BCUT2D eigenvalue weighted by Crippen LogP contribution is 1.98. The zero-order valence-electron chi connectivity index (χ0n) is 8.03.